The number of carbonyl (C=O) groups excluding carboxylic acids is 1. The Balaban J connectivity index is 2.27. The predicted octanol–water partition coefficient (Wildman–Crippen LogP) is 1.64. The minimum atomic E-state index is -0.878. The van der Waals surface area contributed by atoms with E-state index >= 15 is 0 Å². The molecule has 0 aliphatic rings. The zero-order valence-corrected chi connectivity index (χ0v) is 9.13. The lowest BCUT2D eigenvalue weighted by atomic mass is 10.2. The lowest BCUT2D eigenvalue weighted by molar-refractivity contribution is -0.137. The van der Waals surface area contributed by atoms with Crippen LogP contribution < -0.4 is 5.32 Å². The number of carboxylic acid groups (broad SMARTS) is 1. The van der Waals surface area contributed by atoms with Gasteiger partial charge in [-0.2, -0.15) is 4.37 Å². The van der Waals surface area contributed by atoms with E-state index in [1.54, 1.807) is 6.07 Å². The number of hydrogen-bond acceptors (Lipinski definition) is 4. The van der Waals surface area contributed by atoms with Gasteiger partial charge in [0.15, 0.2) is 0 Å². The quantitative estimate of drug-likeness (QED) is 0.803. The van der Waals surface area contributed by atoms with Crippen molar-refractivity contribution < 1.29 is 14.7 Å². The number of nitrogens with zero attached hydrogens (tertiary/aromatic N) is 1. The zero-order chi connectivity index (χ0) is 11.3. The molecule has 0 unspecified atom stereocenters. The Morgan fingerprint density at radius 1 is 1.53 bits per heavy atom. The van der Waals surface area contributed by atoms with E-state index < -0.39 is 5.97 Å². The first-order valence-electron chi connectivity index (χ1n) is 4.53. The molecule has 15 heavy (non-hydrogen) atoms. The molecule has 0 fully saturated rings. The lowest BCUT2D eigenvalue weighted by Crippen LogP contribution is -2.10. The van der Waals surface area contributed by atoms with Gasteiger partial charge >= 0.3 is 5.97 Å². The van der Waals surface area contributed by atoms with E-state index in [4.69, 9.17) is 5.11 Å². The van der Waals surface area contributed by atoms with Crippen LogP contribution >= 0.6 is 11.5 Å². The first-order chi connectivity index (χ1) is 7.08. The highest BCUT2D eigenvalue weighted by atomic mass is 32.1. The monoisotopic (exact) mass is 228 g/mol. The molecule has 0 aromatic carbocycles. The summed E-state index contributed by atoms with van der Waals surface area (Å²) in [4.78, 5) is 21.5. The number of aryl methyl sites for hydroxylation is 1. The van der Waals surface area contributed by atoms with Crippen molar-refractivity contribution in [3.05, 3.63) is 11.8 Å². The third-order valence-electron chi connectivity index (χ3n) is 1.69. The molecule has 0 saturated heterocycles. The van der Waals surface area contributed by atoms with Gasteiger partial charge in [-0.25, -0.2) is 0 Å². The summed E-state index contributed by atoms with van der Waals surface area (Å²) < 4.78 is 4.01. The van der Waals surface area contributed by atoms with Gasteiger partial charge in [-0.05, 0) is 30.9 Å². The molecule has 0 radical (unpaired) electrons. The van der Waals surface area contributed by atoms with Gasteiger partial charge in [0.25, 0.3) is 0 Å². The largest absolute Gasteiger partial charge is 0.481 e. The zero-order valence-electron chi connectivity index (χ0n) is 8.32. The average molecular weight is 228 g/mol. The molecule has 1 rings (SSSR count). The summed E-state index contributed by atoms with van der Waals surface area (Å²) in [6.45, 7) is 1.84. The number of anilines is 1. The standard InChI is InChI=1S/C9H12N2O3S/c1-6-5-8(15-11-6)10-7(12)3-2-4-9(13)14/h5H,2-4H2,1H3,(H,10,12)(H,13,14). The molecular weight excluding hydrogens is 216 g/mol. The van der Waals surface area contributed by atoms with E-state index in [0.717, 1.165) is 5.69 Å². The van der Waals surface area contributed by atoms with Crippen molar-refractivity contribution in [1.82, 2.24) is 4.37 Å². The molecule has 0 aliphatic carbocycles. The summed E-state index contributed by atoms with van der Waals surface area (Å²) >= 11 is 1.22. The van der Waals surface area contributed by atoms with Gasteiger partial charge in [-0.1, -0.05) is 0 Å². The van der Waals surface area contributed by atoms with Gasteiger partial charge in [0.1, 0.15) is 5.00 Å². The van der Waals surface area contributed by atoms with Crippen LogP contribution in [0.2, 0.25) is 0 Å². The van der Waals surface area contributed by atoms with E-state index in [1.165, 1.54) is 11.5 Å². The van der Waals surface area contributed by atoms with Crippen molar-refractivity contribution in [3.8, 4) is 0 Å². The number of aromatic nitrogens is 1. The van der Waals surface area contributed by atoms with E-state index in [0.29, 0.717) is 11.4 Å². The molecule has 6 heteroatoms. The average Bonchev–Trinajstić information content (AvgIpc) is 2.50. The number of aliphatic carboxylic acids is 1. The molecule has 82 valence electrons. The third-order valence-corrected chi connectivity index (χ3v) is 2.48. The van der Waals surface area contributed by atoms with Gasteiger partial charge in [0.05, 0.1) is 5.69 Å². The highest BCUT2D eigenvalue weighted by Gasteiger charge is 2.05. The Hall–Kier alpha value is -1.43. The molecule has 0 atom stereocenters. The molecule has 0 spiro atoms. The van der Waals surface area contributed by atoms with Gasteiger partial charge in [0.2, 0.25) is 5.91 Å². The molecule has 1 aromatic rings. The molecule has 0 aliphatic heterocycles. The van der Waals surface area contributed by atoms with Crippen LogP contribution in [0.15, 0.2) is 6.07 Å². The first kappa shape index (κ1) is 11.6. The molecule has 1 aromatic heterocycles. The van der Waals surface area contributed by atoms with Gasteiger partial charge in [0, 0.05) is 12.8 Å². The molecule has 0 bridgehead atoms. The van der Waals surface area contributed by atoms with Crippen LogP contribution in [0.5, 0.6) is 0 Å². The van der Waals surface area contributed by atoms with Gasteiger partial charge in [-0.3, -0.25) is 9.59 Å². The molecule has 5 nitrogen and oxygen atoms in total. The summed E-state index contributed by atoms with van der Waals surface area (Å²) in [6.07, 6.45) is 0.608. The number of nitrogens with one attached hydrogen (secondary N) is 1. The van der Waals surface area contributed by atoms with Crippen molar-refractivity contribution >= 4 is 28.4 Å². The summed E-state index contributed by atoms with van der Waals surface area (Å²) in [7, 11) is 0. The highest BCUT2D eigenvalue weighted by molar-refractivity contribution is 7.10. The highest BCUT2D eigenvalue weighted by Crippen LogP contribution is 2.15. The van der Waals surface area contributed by atoms with Crippen LogP contribution in [0.4, 0.5) is 5.00 Å². The van der Waals surface area contributed by atoms with E-state index in [2.05, 4.69) is 9.69 Å². The minimum Gasteiger partial charge on any atom is -0.481 e. The van der Waals surface area contributed by atoms with Crippen molar-refractivity contribution in [2.24, 2.45) is 0 Å². The Morgan fingerprint density at radius 3 is 2.80 bits per heavy atom. The summed E-state index contributed by atoms with van der Waals surface area (Å²) in [6, 6.07) is 1.78. The number of rotatable bonds is 5. The molecule has 1 heterocycles. The summed E-state index contributed by atoms with van der Waals surface area (Å²) in [5, 5.41) is 11.7. The number of amides is 1. The van der Waals surface area contributed by atoms with Crippen molar-refractivity contribution in [2.75, 3.05) is 5.32 Å². The molecular formula is C9H12N2O3S. The van der Waals surface area contributed by atoms with Crippen molar-refractivity contribution in [2.45, 2.75) is 26.2 Å². The Labute approximate surface area is 91.3 Å². The lowest BCUT2D eigenvalue weighted by Gasteiger charge is -1.99. The van der Waals surface area contributed by atoms with Crippen LogP contribution in [0.3, 0.4) is 0 Å². The molecule has 2 N–H and O–H groups in total. The summed E-state index contributed by atoms with van der Waals surface area (Å²) in [5.41, 5.74) is 0.862. The molecule has 1 amide bonds. The van der Waals surface area contributed by atoms with E-state index in [9.17, 15) is 9.59 Å². The maximum absolute atomic E-state index is 11.3. The topological polar surface area (TPSA) is 79.3 Å². The maximum Gasteiger partial charge on any atom is 0.303 e. The van der Waals surface area contributed by atoms with Gasteiger partial charge in [-0.15, -0.1) is 0 Å². The first-order valence-corrected chi connectivity index (χ1v) is 5.30. The Kier molecular flexibility index (Phi) is 4.23. The maximum atomic E-state index is 11.3. The Bertz CT molecular complexity index is 362. The fourth-order valence-corrected chi connectivity index (χ4v) is 1.70. The van der Waals surface area contributed by atoms with Crippen LogP contribution in [-0.4, -0.2) is 21.4 Å². The predicted molar refractivity (Wildman–Crippen MR) is 57.0 cm³/mol. The normalized spacial score (nSPS) is 9.93. The second-order valence-electron chi connectivity index (χ2n) is 3.13. The van der Waals surface area contributed by atoms with Crippen molar-refractivity contribution in [3.63, 3.8) is 0 Å². The second-order valence-corrected chi connectivity index (χ2v) is 3.93. The molecule has 0 saturated carbocycles. The third kappa shape index (κ3) is 4.55. The number of hydrogen-bond donors (Lipinski definition) is 2. The van der Waals surface area contributed by atoms with Gasteiger partial charge < -0.3 is 10.4 Å². The van der Waals surface area contributed by atoms with Crippen LogP contribution in [-0.2, 0) is 9.59 Å². The van der Waals surface area contributed by atoms with Crippen LogP contribution in [0.25, 0.3) is 0 Å². The number of carbonyl (C=O) groups is 2. The summed E-state index contributed by atoms with van der Waals surface area (Å²) in [5.74, 6) is -1.05. The fourth-order valence-electron chi connectivity index (χ4n) is 1.02. The van der Waals surface area contributed by atoms with E-state index in [1.807, 2.05) is 6.92 Å². The Morgan fingerprint density at radius 2 is 2.27 bits per heavy atom. The SMILES string of the molecule is Cc1cc(NC(=O)CCCC(=O)O)sn1. The van der Waals surface area contributed by atoms with E-state index in [-0.39, 0.29) is 18.7 Å². The smallest absolute Gasteiger partial charge is 0.303 e. The minimum absolute atomic E-state index is 0.0230. The number of carboxylic acids is 1. The fraction of sp³-hybridized carbons (Fsp3) is 0.444. The van der Waals surface area contributed by atoms with Crippen LogP contribution in [0, 0.1) is 6.92 Å². The van der Waals surface area contributed by atoms with Crippen molar-refractivity contribution in [1.29, 1.82) is 0 Å². The second kappa shape index (κ2) is 5.45. The van der Waals surface area contributed by atoms with Crippen LogP contribution in [0.1, 0.15) is 25.0 Å².